The molecule has 2 aromatic heterocycles. The summed E-state index contributed by atoms with van der Waals surface area (Å²) in [6.07, 6.45) is 4.54. The molecule has 0 saturated carbocycles. The Balaban J connectivity index is 1.29. The summed E-state index contributed by atoms with van der Waals surface area (Å²) in [6.45, 7) is 14.0. The SMILES string of the molecule is Cc1nc(F)c2c(-c3ccc(F)cc3C(=O)N3CCOC[C@H]3C)cc(C3CN([C@H](CO[C@H]4CCCN(C)C4)C(C)C)C3)cn12. The molecule has 0 radical (unpaired) electrons. The number of rotatable bonds is 8. The van der Waals surface area contributed by atoms with Crippen LogP contribution in [0.2, 0.25) is 0 Å². The lowest BCUT2D eigenvalue weighted by atomic mass is 9.86. The van der Waals surface area contributed by atoms with Crippen molar-refractivity contribution in [2.75, 3.05) is 59.6 Å². The molecule has 5 heterocycles. The molecule has 3 atom stereocenters. The number of morpholine rings is 1. The number of likely N-dealkylation sites (tertiary alicyclic amines) is 2. The second kappa shape index (κ2) is 12.8. The van der Waals surface area contributed by atoms with E-state index in [1.165, 1.54) is 18.6 Å². The zero-order valence-corrected chi connectivity index (χ0v) is 26.6. The van der Waals surface area contributed by atoms with Crippen LogP contribution in [-0.4, -0.2) is 108 Å². The minimum absolute atomic E-state index is 0.148. The summed E-state index contributed by atoms with van der Waals surface area (Å²) < 4.78 is 43.7. The van der Waals surface area contributed by atoms with Gasteiger partial charge in [-0.15, -0.1) is 0 Å². The Morgan fingerprint density at radius 1 is 1.14 bits per heavy atom. The van der Waals surface area contributed by atoms with Gasteiger partial charge in [-0.3, -0.25) is 9.69 Å². The lowest BCUT2D eigenvalue weighted by Crippen LogP contribution is -2.55. The number of aryl methyl sites for hydroxylation is 1. The molecule has 1 aromatic carbocycles. The van der Waals surface area contributed by atoms with Crippen LogP contribution in [0, 0.1) is 24.6 Å². The molecular weight excluding hydrogens is 564 g/mol. The Morgan fingerprint density at radius 2 is 1.93 bits per heavy atom. The van der Waals surface area contributed by atoms with Crippen LogP contribution in [0.3, 0.4) is 0 Å². The number of fused-ring (bicyclic) bond motifs is 1. The third-order valence-electron chi connectivity index (χ3n) is 9.72. The van der Waals surface area contributed by atoms with E-state index in [1.54, 1.807) is 22.3 Å². The van der Waals surface area contributed by atoms with Crippen molar-refractivity contribution < 1.29 is 23.0 Å². The fourth-order valence-corrected chi connectivity index (χ4v) is 7.07. The number of carbonyl (C=O) groups is 1. The van der Waals surface area contributed by atoms with Crippen molar-refractivity contribution >= 4 is 11.4 Å². The summed E-state index contributed by atoms with van der Waals surface area (Å²) in [7, 11) is 2.16. The van der Waals surface area contributed by atoms with Gasteiger partial charge in [0.2, 0.25) is 5.95 Å². The average Bonchev–Trinajstić information content (AvgIpc) is 3.26. The normalized spacial score (nSPS) is 23.0. The predicted octanol–water partition coefficient (Wildman–Crippen LogP) is 4.98. The minimum Gasteiger partial charge on any atom is -0.377 e. The third-order valence-corrected chi connectivity index (χ3v) is 9.72. The third kappa shape index (κ3) is 6.14. The van der Waals surface area contributed by atoms with Crippen LogP contribution in [0.1, 0.15) is 61.3 Å². The lowest BCUT2D eigenvalue weighted by Gasteiger charge is -2.46. The van der Waals surface area contributed by atoms with E-state index in [2.05, 4.69) is 35.7 Å². The first-order chi connectivity index (χ1) is 21.1. The summed E-state index contributed by atoms with van der Waals surface area (Å²) >= 11 is 0. The van der Waals surface area contributed by atoms with Crippen LogP contribution in [0.25, 0.3) is 16.6 Å². The highest BCUT2D eigenvalue weighted by Gasteiger charge is 2.37. The van der Waals surface area contributed by atoms with Crippen LogP contribution in [0.4, 0.5) is 8.78 Å². The van der Waals surface area contributed by atoms with Crippen LogP contribution in [-0.2, 0) is 9.47 Å². The number of benzene rings is 1. The van der Waals surface area contributed by atoms with Crippen molar-refractivity contribution in [2.45, 2.75) is 64.6 Å². The van der Waals surface area contributed by atoms with Gasteiger partial charge in [-0.05, 0) is 75.5 Å². The van der Waals surface area contributed by atoms with Crippen LogP contribution in [0.5, 0.6) is 0 Å². The number of aromatic nitrogens is 2. The van der Waals surface area contributed by atoms with Gasteiger partial charge in [0.15, 0.2) is 0 Å². The second-order valence-corrected chi connectivity index (χ2v) is 13.3. The Hall–Kier alpha value is -2.92. The maximum absolute atomic E-state index is 15.4. The number of nitrogens with zero attached hydrogens (tertiary/aromatic N) is 5. The highest BCUT2D eigenvalue weighted by atomic mass is 19.1. The highest BCUT2D eigenvalue weighted by molar-refractivity contribution is 6.03. The lowest BCUT2D eigenvalue weighted by molar-refractivity contribution is -0.0494. The smallest absolute Gasteiger partial charge is 0.254 e. The highest BCUT2D eigenvalue weighted by Crippen LogP contribution is 2.38. The fourth-order valence-electron chi connectivity index (χ4n) is 7.07. The van der Waals surface area contributed by atoms with Crippen molar-refractivity contribution in [3.05, 3.63) is 59.2 Å². The molecule has 10 heteroatoms. The number of ether oxygens (including phenoxy) is 2. The van der Waals surface area contributed by atoms with Crippen molar-refractivity contribution in [3.8, 4) is 11.1 Å². The molecule has 3 aliphatic heterocycles. The summed E-state index contributed by atoms with van der Waals surface area (Å²) in [5.41, 5.74) is 2.61. The number of likely N-dealkylation sites (N-methyl/N-ethyl adjacent to an activating group) is 1. The summed E-state index contributed by atoms with van der Waals surface area (Å²) in [4.78, 5) is 24.5. The summed E-state index contributed by atoms with van der Waals surface area (Å²) in [6, 6.07) is 6.34. The standard InChI is InChI=1S/C34H45F2N5O3/c1-21(2)31(20-44-27-7-6-10-38(5)18-27)39-15-25(16-39)24-13-29(32-33(36)37-23(4)41(32)17-24)28-9-8-26(35)14-30(28)34(42)40-11-12-43-19-22(40)3/h8-9,13-14,17,21-22,25,27,31H,6-7,10-12,15-16,18-20H2,1-5H3/t22-,27+,31-/m1/s1. The van der Waals surface area contributed by atoms with Crippen LogP contribution in [0.15, 0.2) is 30.5 Å². The molecule has 6 rings (SSSR count). The van der Waals surface area contributed by atoms with Crippen molar-refractivity contribution in [1.29, 1.82) is 0 Å². The first-order valence-corrected chi connectivity index (χ1v) is 16.0. The number of piperidine rings is 1. The maximum Gasteiger partial charge on any atom is 0.254 e. The van der Waals surface area contributed by atoms with E-state index >= 15 is 4.39 Å². The molecule has 0 spiro atoms. The Morgan fingerprint density at radius 3 is 2.66 bits per heavy atom. The maximum atomic E-state index is 15.4. The largest absolute Gasteiger partial charge is 0.377 e. The van der Waals surface area contributed by atoms with Crippen LogP contribution < -0.4 is 0 Å². The van der Waals surface area contributed by atoms with E-state index in [0.29, 0.717) is 60.8 Å². The zero-order valence-electron chi connectivity index (χ0n) is 26.6. The number of hydrogen-bond donors (Lipinski definition) is 0. The van der Waals surface area contributed by atoms with E-state index in [0.717, 1.165) is 38.2 Å². The van der Waals surface area contributed by atoms with E-state index in [1.807, 2.05) is 19.2 Å². The van der Waals surface area contributed by atoms with Gasteiger partial charge in [0.1, 0.15) is 17.2 Å². The van der Waals surface area contributed by atoms with Crippen molar-refractivity contribution in [2.24, 2.45) is 5.92 Å². The molecule has 0 unspecified atom stereocenters. The number of carbonyl (C=O) groups excluding carboxylic acids is 1. The molecule has 44 heavy (non-hydrogen) atoms. The molecular formula is C34H45F2N5O3. The van der Waals surface area contributed by atoms with Gasteiger partial charge in [0.05, 0.1) is 37.5 Å². The van der Waals surface area contributed by atoms with E-state index < -0.39 is 11.8 Å². The molecule has 1 amide bonds. The van der Waals surface area contributed by atoms with Crippen molar-refractivity contribution in [1.82, 2.24) is 24.1 Å². The number of amides is 1. The quantitative estimate of drug-likeness (QED) is 0.359. The van der Waals surface area contributed by atoms with E-state index in [9.17, 15) is 9.18 Å². The van der Waals surface area contributed by atoms with Gasteiger partial charge in [0.25, 0.3) is 5.91 Å². The Labute approximate surface area is 258 Å². The molecule has 0 bridgehead atoms. The van der Waals surface area contributed by atoms with Gasteiger partial charge < -0.3 is 23.7 Å². The molecule has 3 aliphatic rings. The zero-order chi connectivity index (χ0) is 31.1. The van der Waals surface area contributed by atoms with Gasteiger partial charge >= 0.3 is 0 Å². The van der Waals surface area contributed by atoms with Gasteiger partial charge in [0, 0.05) is 49.9 Å². The first-order valence-electron chi connectivity index (χ1n) is 16.0. The monoisotopic (exact) mass is 609 g/mol. The minimum atomic E-state index is -0.605. The van der Waals surface area contributed by atoms with E-state index in [-0.39, 0.29) is 29.5 Å². The number of imidazole rings is 1. The first kappa shape index (κ1) is 31.1. The average molecular weight is 610 g/mol. The van der Waals surface area contributed by atoms with Gasteiger partial charge in [-0.1, -0.05) is 19.9 Å². The molecule has 238 valence electrons. The Kier molecular flexibility index (Phi) is 9.06. The molecule has 3 saturated heterocycles. The second-order valence-electron chi connectivity index (χ2n) is 13.3. The van der Waals surface area contributed by atoms with E-state index in [4.69, 9.17) is 9.47 Å². The molecule has 0 aliphatic carbocycles. The molecule has 3 aromatic rings. The number of halogens is 2. The van der Waals surface area contributed by atoms with Gasteiger partial charge in [-0.2, -0.15) is 4.39 Å². The number of pyridine rings is 1. The van der Waals surface area contributed by atoms with Gasteiger partial charge in [-0.25, -0.2) is 9.37 Å². The van der Waals surface area contributed by atoms with Crippen LogP contribution >= 0.6 is 0 Å². The topological polar surface area (TPSA) is 62.6 Å². The molecule has 8 nitrogen and oxygen atoms in total. The summed E-state index contributed by atoms with van der Waals surface area (Å²) in [5.74, 6) is -0.202. The molecule has 0 N–H and O–H groups in total. The predicted molar refractivity (Wildman–Crippen MR) is 166 cm³/mol. The summed E-state index contributed by atoms with van der Waals surface area (Å²) in [5, 5.41) is 0. The van der Waals surface area contributed by atoms with Crippen molar-refractivity contribution in [3.63, 3.8) is 0 Å². The Bertz CT molecular complexity index is 1500. The molecule has 3 fully saturated rings. The number of hydrogen-bond acceptors (Lipinski definition) is 6. The fraction of sp³-hybridized carbons (Fsp3) is 0.588.